The minimum Gasteiger partial charge on any atom is -0.317 e. The third-order valence-corrected chi connectivity index (χ3v) is 2.32. The first-order valence-electron chi connectivity index (χ1n) is 5.39. The second-order valence-corrected chi connectivity index (χ2v) is 3.95. The van der Waals surface area contributed by atoms with E-state index in [1.54, 1.807) is 0 Å². The van der Waals surface area contributed by atoms with Crippen molar-refractivity contribution in [2.24, 2.45) is 0 Å². The largest absolute Gasteiger partial charge is 0.389 e. The third kappa shape index (κ3) is 14.0. The molecule has 15 heavy (non-hydrogen) atoms. The SMILES string of the molecule is FC(F)(F)CCCNCCCCCCCl. The van der Waals surface area contributed by atoms with Gasteiger partial charge in [0.05, 0.1) is 0 Å². The summed E-state index contributed by atoms with van der Waals surface area (Å²) in [6.45, 7) is 1.26. The molecule has 0 saturated carbocycles. The summed E-state index contributed by atoms with van der Waals surface area (Å²) >= 11 is 5.50. The van der Waals surface area contributed by atoms with Crippen LogP contribution in [0.3, 0.4) is 0 Å². The molecule has 0 aromatic rings. The highest BCUT2D eigenvalue weighted by atomic mass is 35.5. The molecular formula is C10H19ClF3N. The highest BCUT2D eigenvalue weighted by Gasteiger charge is 2.25. The summed E-state index contributed by atoms with van der Waals surface area (Å²) in [7, 11) is 0. The molecule has 0 fully saturated rings. The minimum atomic E-state index is -4.01. The van der Waals surface area contributed by atoms with E-state index in [1.165, 1.54) is 0 Å². The van der Waals surface area contributed by atoms with Gasteiger partial charge in [-0.15, -0.1) is 11.6 Å². The van der Waals surface area contributed by atoms with E-state index in [0.717, 1.165) is 32.2 Å². The van der Waals surface area contributed by atoms with Crippen molar-refractivity contribution in [3.05, 3.63) is 0 Å². The zero-order valence-electron chi connectivity index (χ0n) is 8.88. The quantitative estimate of drug-likeness (QED) is 0.482. The third-order valence-electron chi connectivity index (χ3n) is 2.05. The van der Waals surface area contributed by atoms with Gasteiger partial charge >= 0.3 is 6.18 Å². The Morgan fingerprint density at radius 2 is 1.47 bits per heavy atom. The Morgan fingerprint density at radius 1 is 0.867 bits per heavy atom. The minimum absolute atomic E-state index is 0.172. The van der Waals surface area contributed by atoms with Gasteiger partial charge in [0.25, 0.3) is 0 Å². The predicted octanol–water partition coefficient (Wildman–Crippen LogP) is 3.72. The average molecular weight is 246 g/mol. The molecule has 0 saturated heterocycles. The maximum Gasteiger partial charge on any atom is 0.389 e. The van der Waals surface area contributed by atoms with Gasteiger partial charge < -0.3 is 5.32 Å². The summed E-state index contributed by atoms with van der Waals surface area (Å²) in [5, 5.41) is 3.00. The van der Waals surface area contributed by atoms with Crippen LogP contribution in [0.4, 0.5) is 13.2 Å². The zero-order valence-corrected chi connectivity index (χ0v) is 9.63. The van der Waals surface area contributed by atoms with Crippen molar-refractivity contribution in [3.63, 3.8) is 0 Å². The highest BCUT2D eigenvalue weighted by Crippen LogP contribution is 2.20. The lowest BCUT2D eigenvalue weighted by Crippen LogP contribution is -2.19. The fourth-order valence-electron chi connectivity index (χ4n) is 1.24. The fraction of sp³-hybridized carbons (Fsp3) is 1.00. The molecule has 0 spiro atoms. The summed E-state index contributed by atoms with van der Waals surface area (Å²) < 4.78 is 35.2. The Kier molecular flexibility index (Phi) is 9.30. The Balaban J connectivity index is 2.99. The van der Waals surface area contributed by atoms with E-state index in [2.05, 4.69) is 5.32 Å². The van der Waals surface area contributed by atoms with Crippen molar-refractivity contribution >= 4 is 11.6 Å². The molecule has 5 heteroatoms. The normalized spacial score (nSPS) is 12.0. The first-order chi connectivity index (χ1) is 7.06. The van der Waals surface area contributed by atoms with E-state index in [9.17, 15) is 13.2 Å². The van der Waals surface area contributed by atoms with Gasteiger partial charge in [0.2, 0.25) is 0 Å². The molecule has 0 rings (SSSR count). The molecule has 0 aliphatic carbocycles. The lowest BCUT2D eigenvalue weighted by atomic mass is 10.2. The number of halogens is 4. The van der Waals surface area contributed by atoms with Crippen LogP contribution in [0.15, 0.2) is 0 Å². The predicted molar refractivity (Wildman–Crippen MR) is 57.3 cm³/mol. The van der Waals surface area contributed by atoms with Crippen molar-refractivity contribution < 1.29 is 13.2 Å². The van der Waals surface area contributed by atoms with Crippen LogP contribution in [-0.4, -0.2) is 25.1 Å². The van der Waals surface area contributed by atoms with Gasteiger partial charge in [-0.05, 0) is 32.4 Å². The van der Waals surface area contributed by atoms with Crippen LogP contribution in [0.5, 0.6) is 0 Å². The molecule has 0 aromatic carbocycles. The zero-order chi connectivity index (χ0) is 11.6. The molecule has 0 aromatic heterocycles. The summed E-state index contributed by atoms with van der Waals surface area (Å²) in [6.07, 6.45) is -0.287. The molecule has 0 heterocycles. The van der Waals surface area contributed by atoms with Crippen LogP contribution in [0.1, 0.15) is 38.5 Å². The van der Waals surface area contributed by atoms with Crippen molar-refractivity contribution in [2.75, 3.05) is 19.0 Å². The molecule has 0 aliphatic heterocycles. The molecule has 1 N–H and O–H groups in total. The van der Waals surface area contributed by atoms with E-state index in [1.807, 2.05) is 0 Å². The van der Waals surface area contributed by atoms with Crippen LogP contribution < -0.4 is 5.32 Å². The molecule has 92 valence electrons. The number of unbranched alkanes of at least 4 members (excludes halogenated alkanes) is 3. The van der Waals surface area contributed by atoms with Crippen molar-refractivity contribution in [1.82, 2.24) is 5.32 Å². The smallest absolute Gasteiger partial charge is 0.317 e. The van der Waals surface area contributed by atoms with Gasteiger partial charge in [0.15, 0.2) is 0 Å². The van der Waals surface area contributed by atoms with Gasteiger partial charge in [0, 0.05) is 12.3 Å². The standard InChI is InChI=1S/C10H19ClF3N/c11-7-3-1-2-4-8-15-9-5-6-10(12,13)14/h15H,1-9H2. The summed E-state index contributed by atoms with van der Waals surface area (Å²) in [5.41, 5.74) is 0. The number of hydrogen-bond acceptors (Lipinski definition) is 1. The molecule has 0 radical (unpaired) electrons. The summed E-state index contributed by atoms with van der Waals surface area (Å²) in [4.78, 5) is 0. The monoisotopic (exact) mass is 245 g/mol. The van der Waals surface area contributed by atoms with E-state index < -0.39 is 12.6 Å². The number of hydrogen-bond donors (Lipinski definition) is 1. The Morgan fingerprint density at radius 3 is 2.07 bits per heavy atom. The van der Waals surface area contributed by atoms with Crippen molar-refractivity contribution in [2.45, 2.75) is 44.7 Å². The molecule has 0 bridgehead atoms. The van der Waals surface area contributed by atoms with Crippen LogP contribution in [0.2, 0.25) is 0 Å². The first kappa shape index (κ1) is 15.0. The van der Waals surface area contributed by atoms with E-state index in [-0.39, 0.29) is 6.42 Å². The van der Waals surface area contributed by atoms with Crippen LogP contribution in [0.25, 0.3) is 0 Å². The number of alkyl halides is 4. The summed E-state index contributed by atoms with van der Waals surface area (Å²) in [5.74, 6) is 0.693. The molecule has 0 unspecified atom stereocenters. The molecule has 1 nitrogen and oxygen atoms in total. The fourth-order valence-corrected chi connectivity index (χ4v) is 1.43. The van der Waals surface area contributed by atoms with Gasteiger partial charge in [-0.3, -0.25) is 0 Å². The van der Waals surface area contributed by atoms with Crippen molar-refractivity contribution in [1.29, 1.82) is 0 Å². The lowest BCUT2D eigenvalue weighted by Gasteiger charge is -2.07. The lowest BCUT2D eigenvalue weighted by molar-refractivity contribution is -0.135. The Labute approximate surface area is 94.4 Å². The second-order valence-electron chi connectivity index (χ2n) is 3.57. The Bertz CT molecular complexity index is 139. The van der Waals surface area contributed by atoms with Crippen LogP contribution >= 0.6 is 11.6 Å². The molecule has 0 amide bonds. The van der Waals surface area contributed by atoms with E-state index in [4.69, 9.17) is 11.6 Å². The van der Waals surface area contributed by atoms with Gasteiger partial charge in [-0.25, -0.2) is 0 Å². The summed E-state index contributed by atoms with van der Waals surface area (Å²) in [6, 6.07) is 0. The maximum absolute atomic E-state index is 11.7. The van der Waals surface area contributed by atoms with Gasteiger partial charge in [-0.2, -0.15) is 13.2 Å². The second kappa shape index (κ2) is 9.28. The average Bonchev–Trinajstić information content (AvgIpc) is 2.14. The number of nitrogens with one attached hydrogen (secondary N) is 1. The molecule has 0 atom stereocenters. The Hall–Kier alpha value is 0.0400. The van der Waals surface area contributed by atoms with Crippen LogP contribution in [-0.2, 0) is 0 Å². The van der Waals surface area contributed by atoms with Crippen LogP contribution in [0, 0.1) is 0 Å². The van der Waals surface area contributed by atoms with Crippen molar-refractivity contribution in [3.8, 4) is 0 Å². The maximum atomic E-state index is 11.7. The van der Waals surface area contributed by atoms with E-state index in [0.29, 0.717) is 12.4 Å². The highest BCUT2D eigenvalue weighted by molar-refractivity contribution is 6.17. The van der Waals surface area contributed by atoms with Gasteiger partial charge in [-0.1, -0.05) is 12.8 Å². The molecule has 0 aliphatic rings. The topological polar surface area (TPSA) is 12.0 Å². The number of rotatable bonds is 9. The van der Waals surface area contributed by atoms with Gasteiger partial charge in [0.1, 0.15) is 0 Å². The first-order valence-corrected chi connectivity index (χ1v) is 5.93. The molecular weight excluding hydrogens is 227 g/mol. The van der Waals surface area contributed by atoms with E-state index >= 15 is 0 Å².